The first-order valence-electron chi connectivity index (χ1n) is 5.32. The van der Waals surface area contributed by atoms with E-state index in [1.165, 1.54) is 11.1 Å². The van der Waals surface area contributed by atoms with Crippen molar-refractivity contribution in [1.82, 2.24) is 5.32 Å². The molecule has 2 aliphatic heterocycles. The predicted octanol–water partition coefficient (Wildman–Crippen LogP) is 1.80. The summed E-state index contributed by atoms with van der Waals surface area (Å²) in [7, 11) is 0. The van der Waals surface area contributed by atoms with Crippen LogP contribution >= 0.6 is 0 Å². The highest BCUT2D eigenvalue weighted by Crippen LogP contribution is 2.38. The van der Waals surface area contributed by atoms with Gasteiger partial charge in [-0.15, -0.1) is 0 Å². The maximum absolute atomic E-state index is 5.43. The summed E-state index contributed by atoms with van der Waals surface area (Å²) in [4.78, 5) is 0. The van der Waals surface area contributed by atoms with Gasteiger partial charge in [-0.05, 0) is 24.0 Å². The third-order valence-electron chi connectivity index (χ3n) is 3.50. The molecule has 1 spiro atoms. The maximum atomic E-state index is 5.43. The second kappa shape index (κ2) is 3.07. The van der Waals surface area contributed by atoms with Crippen molar-refractivity contribution in [3.05, 3.63) is 35.4 Å². The number of hydrogen-bond acceptors (Lipinski definition) is 2. The van der Waals surface area contributed by atoms with E-state index in [1.54, 1.807) is 0 Å². The Kier molecular flexibility index (Phi) is 1.85. The molecule has 74 valence electrons. The zero-order valence-electron chi connectivity index (χ0n) is 8.25. The molecule has 0 aliphatic carbocycles. The summed E-state index contributed by atoms with van der Waals surface area (Å²) in [6.45, 7) is 2.80. The van der Waals surface area contributed by atoms with E-state index in [4.69, 9.17) is 4.74 Å². The topological polar surface area (TPSA) is 21.3 Å². The standard InChI is InChI=1S/C12H15NO/c1-2-4-11-10(3-1)9-13-12(11)5-7-14-8-6-12/h1-4,13H,5-9H2. The van der Waals surface area contributed by atoms with Crippen LogP contribution in [0.4, 0.5) is 0 Å². The Labute approximate surface area is 84.3 Å². The summed E-state index contributed by atoms with van der Waals surface area (Å²) in [5.74, 6) is 0. The van der Waals surface area contributed by atoms with Crippen LogP contribution in [0.5, 0.6) is 0 Å². The first kappa shape index (κ1) is 8.45. The van der Waals surface area contributed by atoms with E-state index in [-0.39, 0.29) is 5.54 Å². The molecule has 14 heavy (non-hydrogen) atoms. The molecule has 1 aromatic carbocycles. The van der Waals surface area contributed by atoms with Gasteiger partial charge in [0, 0.05) is 25.3 Å². The Hall–Kier alpha value is -0.860. The van der Waals surface area contributed by atoms with Gasteiger partial charge in [0.15, 0.2) is 0 Å². The van der Waals surface area contributed by atoms with Crippen molar-refractivity contribution in [2.45, 2.75) is 24.9 Å². The van der Waals surface area contributed by atoms with Gasteiger partial charge in [0.05, 0.1) is 0 Å². The summed E-state index contributed by atoms with van der Waals surface area (Å²) >= 11 is 0. The normalized spacial score (nSPS) is 23.7. The minimum Gasteiger partial charge on any atom is -0.381 e. The minimum atomic E-state index is 0.231. The third kappa shape index (κ3) is 1.11. The molecule has 0 radical (unpaired) electrons. The zero-order chi connectivity index (χ0) is 9.43. The van der Waals surface area contributed by atoms with Gasteiger partial charge in [-0.2, -0.15) is 0 Å². The first-order chi connectivity index (χ1) is 6.91. The minimum absolute atomic E-state index is 0.231. The third-order valence-corrected chi connectivity index (χ3v) is 3.50. The maximum Gasteiger partial charge on any atom is 0.0486 e. The number of hydrogen-bond donors (Lipinski definition) is 1. The molecule has 0 aromatic heterocycles. The smallest absolute Gasteiger partial charge is 0.0486 e. The van der Waals surface area contributed by atoms with Crippen molar-refractivity contribution in [2.75, 3.05) is 13.2 Å². The van der Waals surface area contributed by atoms with E-state index in [0.717, 1.165) is 32.6 Å². The van der Waals surface area contributed by atoms with Crippen LogP contribution in [0.1, 0.15) is 24.0 Å². The Morgan fingerprint density at radius 3 is 2.79 bits per heavy atom. The van der Waals surface area contributed by atoms with E-state index >= 15 is 0 Å². The summed E-state index contributed by atoms with van der Waals surface area (Å²) in [5, 5.41) is 3.66. The lowest BCUT2D eigenvalue weighted by atomic mass is 9.84. The molecule has 1 N–H and O–H groups in total. The number of rotatable bonds is 0. The lowest BCUT2D eigenvalue weighted by molar-refractivity contribution is 0.0408. The van der Waals surface area contributed by atoms with Gasteiger partial charge in [-0.3, -0.25) is 0 Å². The van der Waals surface area contributed by atoms with Gasteiger partial charge in [-0.25, -0.2) is 0 Å². The van der Waals surface area contributed by atoms with Crippen LogP contribution in [0.2, 0.25) is 0 Å². The van der Waals surface area contributed by atoms with Crippen LogP contribution in [0.3, 0.4) is 0 Å². The number of fused-ring (bicyclic) bond motifs is 2. The molecule has 2 heteroatoms. The average Bonchev–Trinajstić information content (AvgIpc) is 2.60. The molecule has 2 heterocycles. The molecule has 0 amide bonds. The van der Waals surface area contributed by atoms with Crippen molar-refractivity contribution in [3.8, 4) is 0 Å². The Balaban J connectivity index is 2.03. The molecular formula is C12H15NO. The Morgan fingerprint density at radius 2 is 1.93 bits per heavy atom. The second-order valence-electron chi connectivity index (χ2n) is 4.21. The van der Waals surface area contributed by atoms with Gasteiger partial charge in [-0.1, -0.05) is 24.3 Å². The lowest BCUT2D eigenvalue weighted by Crippen LogP contribution is -2.41. The fourth-order valence-electron chi connectivity index (χ4n) is 2.67. The average molecular weight is 189 g/mol. The molecule has 1 fully saturated rings. The first-order valence-corrected chi connectivity index (χ1v) is 5.32. The van der Waals surface area contributed by atoms with Gasteiger partial charge in [0.1, 0.15) is 0 Å². The van der Waals surface area contributed by atoms with Crippen molar-refractivity contribution >= 4 is 0 Å². The molecule has 0 unspecified atom stereocenters. The highest BCUT2D eigenvalue weighted by atomic mass is 16.5. The summed E-state index contributed by atoms with van der Waals surface area (Å²) < 4.78 is 5.43. The van der Waals surface area contributed by atoms with Crippen LogP contribution in [0, 0.1) is 0 Å². The van der Waals surface area contributed by atoms with Gasteiger partial charge < -0.3 is 10.1 Å². The Bertz CT molecular complexity index is 336. The molecule has 2 aliphatic rings. The van der Waals surface area contributed by atoms with Gasteiger partial charge in [0.2, 0.25) is 0 Å². The van der Waals surface area contributed by atoms with Crippen LogP contribution in [-0.4, -0.2) is 13.2 Å². The van der Waals surface area contributed by atoms with Crippen molar-refractivity contribution in [3.63, 3.8) is 0 Å². The summed E-state index contributed by atoms with van der Waals surface area (Å²) in [5.41, 5.74) is 3.20. The number of benzene rings is 1. The highest BCUT2D eigenvalue weighted by molar-refractivity contribution is 5.38. The molecule has 0 atom stereocenters. The molecule has 2 nitrogen and oxygen atoms in total. The Morgan fingerprint density at radius 1 is 1.14 bits per heavy atom. The summed E-state index contributed by atoms with van der Waals surface area (Å²) in [6, 6.07) is 8.76. The summed E-state index contributed by atoms with van der Waals surface area (Å²) in [6.07, 6.45) is 2.23. The van der Waals surface area contributed by atoms with Crippen molar-refractivity contribution in [1.29, 1.82) is 0 Å². The largest absolute Gasteiger partial charge is 0.381 e. The number of nitrogens with one attached hydrogen (secondary N) is 1. The van der Waals surface area contributed by atoms with E-state index < -0.39 is 0 Å². The van der Waals surface area contributed by atoms with Crippen LogP contribution < -0.4 is 5.32 Å². The molecule has 0 bridgehead atoms. The van der Waals surface area contributed by atoms with Crippen LogP contribution in [0.15, 0.2) is 24.3 Å². The number of ether oxygens (including phenoxy) is 1. The van der Waals surface area contributed by atoms with E-state index in [9.17, 15) is 0 Å². The monoisotopic (exact) mass is 189 g/mol. The van der Waals surface area contributed by atoms with Crippen molar-refractivity contribution < 1.29 is 4.74 Å². The van der Waals surface area contributed by atoms with Crippen LogP contribution in [-0.2, 0) is 16.8 Å². The quantitative estimate of drug-likeness (QED) is 0.672. The van der Waals surface area contributed by atoms with Crippen molar-refractivity contribution in [2.24, 2.45) is 0 Å². The van der Waals surface area contributed by atoms with E-state index in [1.807, 2.05) is 0 Å². The van der Waals surface area contributed by atoms with Crippen LogP contribution in [0.25, 0.3) is 0 Å². The predicted molar refractivity (Wildman–Crippen MR) is 55.0 cm³/mol. The second-order valence-corrected chi connectivity index (χ2v) is 4.21. The van der Waals surface area contributed by atoms with E-state index in [0.29, 0.717) is 0 Å². The molecule has 0 saturated carbocycles. The zero-order valence-corrected chi connectivity index (χ0v) is 8.25. The van der Waals surface area contributed by atoms with E-state index in [2.05, 4.69) is 29.6 Å². The fourth-order valence-corrected chi connectivity index (χ4v) is 2.67. The SMILES string of the molecule is c1ccc2c(c1)CNC21CCOCC1. The highest BCUT2D eigenvalue weighted by Gasteiger charge is 2.39. The molecular weight excluding hydrogens is 174 g/mol. The molecule has 1 aromatic rings. The molecule has 3 rings (SSSR count). The molecule has 1 saturated heterocycles. The van der Waals surface area contributed by atoms with Gasteiger partial charge >= 0.3 is 0 Å². The van der Waals surface area contributed by atoms with Gasteiger partial charge in [0.25, 0.3) is 0 Å². The lowest BCUT2D eigenvalue weighted by Gasteiger charge is -2.34. The fraction of sp³-hybridized carbons (Fsp3) is 0.500.